The van der Waals surface area contributed by atoms with E-state index in [0.717, 1.165) is 11.3 Å². The minimum Gasteiger partial charge on any atom is -0.508 e. The van der Waals surface area contributed by atoms with E-state index in [1.54, 1.807) is 25.1 Å². The molecule has 1 aromatic carbocycles. The van der Waals surface area contributed by atoms with Crippen LogP contribution < -0.4 is 14.8 Å². The van der Waals surface area contributed by atoms with Gasteiger partial charge in [-0.2, -0.15) is 5.26 Å². The summed E-state index contributed by atoms with van der Waals surface area (Å²) in [6, 6.07) is 8.26. The molecule has 0 spiro atoms. The third-order valence-electron chi connectivity index (χ3n) is 3.25. The lowest BCUT2D eigenvalue weighted by Crippen LogP contribution is -2.32. The number of rotatable bonds is 5. The quantitative estimate of drug-likeness (QED) is 0.634. The van der Waals surface area contributed by atoms with E-state index in [-0.39, 0.29) is 28.2 Å². The lowest BCUT2D eigenvalue weighted by atomic mass is 10.2. The first-order valence-corrected chi connectivity index (χ1v) is 8.26. The van der Waals surface area contributed by atoms with Crippen LogP contribution >= 0.6 is 11.3 Å². The third kappa shape index (κ3) is 4.05. The molecule has 2 rings (SSSR count). The highest BCUT2D eigenvalue weighted by Crippen LogP contribution is 2.11. The summed E-state index contributed by atoms with van der Waals surface area (Å²) in [5.74, 6) is -0.714. The summed E-state index contributed by atoms with van der Waals surface area (Å²) in [6.07, 6.45) is 3.00. The number of benzene rings is 1. The molecule has 0 saturated heterocycles. The molecule has 1 N–H and O–H groups in total. The number of nitriles is 1. The number of hydrogen-bond acceptors (Lipinski definition) is 6. The Hall–Kier alpha value is -3.11. The fraction of sp³-hybridized carbons (Fsp3) is 0.167. The maximum atomic E-state index is 12.6. The van der Waals surface area contributed by atoms with Gasteiger partial charge in [0.2, 0.25) is 0 Å². The molecule has 0 unspecified atom stereocenters. The number of hydrogen-bond donors (Lipinski definition) is 1. The Kier molecular flexibility index (Phi) is 5.93. The molecule has 128 valence electrons. The fourth-order valence-corrected chi connectivity index (χ4v) is 3.30. The molecule has 1 aromatic heterocycles. The molecule has 0 radical (unpaired) electrons. The van der Waals surface area contributed by atoms with E-state index in [2.05, 4.69) is 6.58 Å². The summed E-state index contributed by atoms with van der Waals surface area (Å²) < 4.78 is 6.87. The van der Waals surface area contributed by atoms with Crippen LogP contribution in [0.5, 0.6) is 5.75 Å². The number of thiazole rings is 1. The zero-order valence-electron chi connectivity index (χ0n) is 13.6. The van der Waals surface area contributed by atoms with Gasteiger partial charge in [0.15, 0.2) is 5.57 Å². The van der Waals surface area contributed by atoms with Crippen molar-refractivity contribution in [2.45, 2.75) is 13.5 Å². The maximum Gasteiger partial charge on any atom is 0.352 e. The van der Waals surface area contributed by atoms with Crippen molar-refractivity contribution < 1.29 is 14.6 Å². The first-order valence-electron chi connectivity index (χ1n) is 7.44. The van der Waals surface area contributed by atoms with Gasteiger partial charge in [-0.15, -0.1) is 11.3 Å². The van der Waals surface area contributed by atoms with Crippen molar-refractivity contribution in [1.82, 2.24) is 4.57 Å². The number of aromatic nitrogens is 1. The van der Waals surface area contributed by atoms with Crippen molar-refractivity contribution in [3.05, 3.63) is 62.0 Å². The molecule has 6 nitrogen and oxygen atoms in total. The summed E-state index contributed by atoms with van der Waals surface area (Å²) in [7, 11) is 0. The van der Waals surface area contributed by atoms with Crippen LogP contribution in [0.1, 0.15) is 12.5 Å². The van der Waals surface area contributed by atoms with Gasteiger partial charge >= 0.3 is 5.97 Å². The monoisotopic (exact) mass is 356 g/mol. The molecular formula is C18H16N2O4S. The highest BCUT2D eigenvalue weighted by molar-refractivity contribution is 7.07. The van der Waals surface area contributed by atoms with Crippen LogP contribution in [-0.2, 0) is 16.1 Å². The number of aromatic hydroxyl groups is 1. The molecular weight excluding hydrogens is 340 g/mol. The van der Waals surface area contributed by atoms with Gasteiger partial charge in [0.1, 0.15) is 23.1 Å². The molecule has 0 amide bonds. The molecule has 25 heavy (non-hydrogen) atoms. The van der Waals surface area contributed by atoms with Crippen molar-refractivity contribution in [2.24, 2.45) is 0 Å². The molecule has 0 atom stereocenters. The van der Waals surface area contributed by atoms with Crippen molar-refractivity contribution in [1.29, 1.82) is 5.26 Å². The Morgan fingerprint density at radius 2 is 2.28 bits per heavy atom. The molecule has 0 saturated carbocycles. The SMILES string of the molecule is C=CCOC(=O)C(C#N)=c1sc(=Cc2cccc(O)c2)c(=O)n1CC. The highest BCUT2D eigenvalue weighted by atomic mass is 32.1. The number of esters is 1. The van der Waals surface area contributed by atoms with Crippen molar-refractivity contribution in [3.8, 4) is 11.8 Å². The normalized spacial score (nSPS) is 12.4. The zero-order chi connectivity index (χ0) is 18.4. The van der Waals surface area contributed by atoms with Gasteiger partial charge in [-0.3, -0.25) is 9.36 Å². The van der Waals surface area contributed by atoms with Crippen LogP contribution in [0, 0.1) is 11.3 Å². The first-order chi connectivity index (χ1) is 12.0. The molecule has 0 aliphatic heterocycles. The molecule has 1 heterocycles. The molecule has 0 aliphatic carbocycles. The largest absolute Gasteiger partial charge is 0.508 e. The average Bonchev–Trinajstić information content (AvgIpc) is 2.89. The predicted molar refractivity (Wildman–Crippen MR) is 95.4 cm³/mol. The van der Waals surface area contributed by atoms with E-state index >= 15 is 0 Å². The topological polar surface area (TPSA) is 92.3 Å². The number of phenolic OH excluding ortho intramolecular Hbond substituents is 1. The minimum absolute atomic E-state index is 0.0198. The number of nitrogens with zero attached hydrogens (tertiary/aromatic N) is 2. The molecule has 2 aromatic rings. The van der Waals surface area contributed by atoms with E-state index in [0.29, 0.717) is 16.6 Å². The second kappa shape index (κ2) is 8.13. The van der Waals surface area contributed by atoms with Gasteiger partial charge in [-0.05, 0) is 30.7 Å². The zero-order valence-corrected chi connectivity index (χ0v) is 14.4. The second-order valence-electron chi connectivity index (χ2n) is 4.93. The van der Waals surface area contributed by atoms with Crippen LogP contribution in [0.15, 0.2) is 41.7 Å². The van der Waals surface area contributed by atoms with Crippen LogP contribution in [0.2, 0.25) is 0 Å². The summed E-state index contributed by atoms with van der Waals surface area (Å²) in [6.45, 7) is 5.48. The molecule has 0 aliphatic rings. The van der Waals surface area contributed by atoms with Crippen LogP contribution in [0.25, 0.3) is 11.6 Å². The van der Waals surface area contributed by atoms with Gasteiger partial charge < -0.3 is 9.84 Å². The van der Waals surface area contributed by atoms with E-state index in [4.69, 9.17) is 4.74 Å². The first kappa shape index (κ1) is 18.2. The lowest BCUT2D eigenvalue weighted by Gasteiger charge is -2.00. The van der Waals surface area contributed by atoms with Crippen LogP contribution in [0.3, 0.4) is 0 Å². The maximum absolute atomic E-state index is 12.6. The van der Waals surface area contributed by atoms with Crippen molar-refractivity contribution in [3.63, 3.8) is 0 Å². The third-order valence-corrected chi connectivity index (χ3v) is 4.38. The van der Waals surface area contributed by atoms with E-state index < -0.39 is 5.97 Å². The number of ether oxygens (including phenoxy) is 1. The van der Waals surface area contributed by atoms with Gasteiger partial charge in [0.05, 0.1) is 4.53 Å². The second-order valence-corrected chi connectivity index (χ2v) is 5.96. The van der Waals surface area contributed by atoms with Gasteiger partial charge in [0.25, 0.3) is 5.56 Å². The lowest BCUT2D eigenvalue weighted by molar-refractivity contribution is -0.135. The van der Waals surface area contributed by atoms with Crippen LogP contribution in [-0.4, -0.2) is 22.2 Å². The average molecular weight is 356 g/mol. The Bertz CT molecular complexity index is 1020. The standard InChI is InChI=1S/C18H16N2O4S/c1-3-8-24-18(23)14(11-19)17-20(4-2)16(22)15(25-17)10-12-6-5-7-13(21)9-12/h3,5-7,9-10,21H,1,4,8H2,2H3. The van der Waals surface area contributed by atoms with Gasteiger partial charge in [-0.25, -0.2) is 4.79 Å². The van der Waals surface area contributed by atoms with E-state index in [1.807, 2.05) is 6.07 Å². The van der Waals surface area contributed by atoms with Crippen molar-refractivity contribution >= 4 is 29.0 Å². The number of carbonyl (C=O) groups excluding carboxylic acids is 1. The fourth-order valence-electron chi connectivity index (χ4n) is 2.15. The van der Waals surface area contributed by atoms with Gasteiger partial charge in [-0.1, -0.05) is 24.8 Å². The summed E-state index contributed by atoms with van der Waals surface area (Å²) in [4.78, 5) is 24.6. The summed E-state index contributed by atoms with van der Waals surface area (Å²) >= 11 is 1.03. The molecule has 0 fully saturated rings. The Morgan fingerprint density at radius 1 is 1.52 bits per heavy atom. The van der Waals surface area contributed by atoms with Crippen molar-refractivity contribution in [2.75, 3.05) is 6.61 Å². The summed E-state index contributed by atoms with van der Waals surface area (Å²) in [5, 5.41) is 18.9. The predicted octanol–water partition coefficient (Wildman–Crippen LogP) is 0.868. The minimum atomic E-state index is -0.797. The summed E-state index contributed by atoms with van der Waals surface area (Å²) in [5.41, 5.74) is 0.109. The van der Waals surface area contributed by atoms with E-state index in [9.17, 15) is 20.0 Å². The Balaban J connectivity index is 2.71. The smallest absolute Gasteiger partial charge is 0.352 e. The van der Waals surface area contributed by atoms with E-state index in [1.165, 1.54) is 22.8 Å². The number of carbonyl (C=O) groups is 1. The Labute approximate surface area is 147 Å². The molecule has 0 bridgehead atoms. The van der Waals surface area contributed by atoms with Gasteiger partial charge in [0, 0.05) is 6.54 Å². The Morgan fingerprint density at radius 3 is 2.88 bits per heavy atom. The molecule has 7 heteroatoms. The highest BCUT2D eigenvalue weighted by Gasteiger charge is 2.16. The number of phenols is 1. The van der Waals surface area contributed by atoms with Crippen LogP contribution in [0.4, 0.5) is 0 Å².